The Labute approximate surface area is 186 Å². The number of nitrogens with one attached hydrogen (secondary N) is 1. The third-order valence-electron chi connectivity index (χ3n) is 4.62. The fourth-order valence-corrected chi connectivity index (χ4v) is 4.64. The van der Waals surface area contributed by atoms with E-state index < -0.39 is 5.25 Å². The van der Waals surface area contributed by atoms with Gasteiger partial charge >= 0.3 is 0 Å². The fraction of sp³-hybridized carbons (Fsp3) is 0.0870. The zero-order chi connectivity index (χ0) is 21.1. The first-order valence-electron chi connectivity index (χ1n) is 9.27. The summed E-state index contributed by atoms with van der Waals surface area (Å²) in [5.74, 6) is -0.775. The van der Waals surface area contributed by atoms with E-state index in [4.69, 9.17) is 0 Å². The second-order valence-electron chi connectivity index (χ2n) is 6.67. The minimum atomic E-state index is -0.577. The third-order valence-corrected chi connectivity index (χ3v) is 6.41. The van der Waals surface area contributed by atoms with Crippen LogP contribution in [-0.2, 0) is 9.59 Å². The van der Waals surface area contributed by atoms with Crippen LogP contribution < -0.4 is 10.2 Å². The third kappa shape index (κ3) is 4.32. The van der Waals surface area contributed by atoms with Crippen molar-refractivity contribution in [2.45, 2.75) is 16.6 Å². The van der Waals surface area contributed by atoms with Gasteiger partial charge in [0, 0.05) is 21.5 Å². The molecule has 0 aromatic heterocycles. The molecule has 4 rings (SSSR count). The van der Waals surface area contributed by atoms with Crippen molar-refractivity contribution in [1.29, 1.82) is 0 Å². The quantitative estimate of drug-likeness (QED) is 0.514. The number of amides is 3. The van der Waals surface area contributed by atoms with E-state index in [1.165, 1.54) is 16.7 Å². The molecule has 0 radical (unpaired) electrons. The van der Waals surface area contributed by atoms with Gasteiger partial charge in [-0.05, 0) is 48.5 Å². The lowest BCUT2D eigenvalue weighted by Crippen LogP contribution is -2.31. The van der Waals surface area contributed by atoms with E-state index in [0.29, 0.717) is 21.8 Å². The lowest BCUT2D eigenvalue weighted by molar-refractivity contribution is -0.121. The van der Waals surface area contributed by atoms with Crippen LogP contribution in [0.3, 0.4) is 0 Å². The Bertz CT molecular complexity index is 1100. The Hall–Kier alpha value is -2.90. The molecule has 1 heterocycles. The highest BCUT2D eigenvalue weighted by Crippen LogP contribution is 2.36. The first-order valence-corrected chi connectivity index (χ1v) is 10.9. The highest BCUT2D eigenvalue weighted by molar-refractivity contribution is 9.10. The van der Waals surface area contributed by atoms with E-state index in [0.717, 1.165) is 4.47 Å². The van der Waals surface area contributed by atoms with Gasteiger partial charge in [0.2, 0.25) is 11.8 Å². The van der Waals surface area contributed by atoms with Crippen molar-refractivity contribution >= 4 is 56.8 Å². The zero-order valence-electron chi connectivity index (χ0n) is 15.7. The molecule has 1 aliphatic rings. The Kier molecular flexibility index (Phi) is 6.01. The molecule has 3 aromatic carbocycles. The molecule has 0 bridgehead atoms. The van der Waals surface area contributed by atoms with Crippen LogP contribution in [0.1, 0.15) is 16.8 Å². The fourth-order valence-electron chi connectivity index (χ4n) is 3.19. The van der Waals surface area contributed by atoms with E-state index in [1.54, 1.807) is 42.5 Å². The molecule has 1 aliphatic heterocycles. The number of carbonyl (C=O) groups excluding carboxylic acids is 3. The lowest BCUT2D eigenvalue weighted by atomic mass is 10.2. The molecule has 5 nitrogen and oxygen atoms in total. The average molecular weight is 481 g/mol. The monoisotopic (exact) mass is 480 g/mol. The molecular weight excluding hydrogens is 464 g/mol. The second-order valence-corrected chi connectivity index (χ2v) is 8.83. The molecule has 0 unspecified atom stereocenters. The topological polar surface area (TPSA) is 66.5 Å². The van der Waals surface area contributed by atoms with E-state index in [1.807, 2.05) is 36.4 Å². The number of hydrogen-bond acceptors (Lipinski definition) is 4. The van der Waals surface area contributed by atoms with Crippen LogP contribution in [0.15, 0.2) is 88.2 Å². The Morgan fingerprint density at radius 3 is 2.33 bits per heavy atom. The molecule has 1 fully saturated rings. The summed E-state index contributed by atoms with van der Waals surface area (Å²) >= 11 is 4.60. The molecule has 7 heteroatoms. The number of benzene rings is 3. The number of imide groups is 1. The van der Waals surface area contributed by atoms with Gasteiger partial charge in [0.25, 0.3) is 5.91 Å². The smallest absolute Gasteiger partial charge is 0.256 e. The molecule has 3 amide bonds. The Morgan fingerprint density at radius 2 is 1.60 bits per heavy atom. The first kappa shape index (κ1) is 20.4. The van der Waals surface area contributed by atoms with Gasteiger partial charge in [-0.3, -0.25) is 14.4 Å². The number of anilines is 2. The molecule has 3 aromatic rings. The highest BCUT2D eigenvalue weighted by Gasteiger charge is 2.40. The normalized spacial score (nSPS) is 16.0. The van der Waals surface area contributed by atoms with Crippen molar-refractivity contribution in [2.75, 3.05) is 10.2 Å². The number of rotatable bonds is 5. The van der Waals surface area contributed by atoms with Crippen molar-refractivity contribution in [3.63, 3.8) is 0 Å². The first-order chi connectivity index (χ1) is 14.5. The van der Waals surface area contributed by atoms with E-state index in [9.17, 15) is 14.4 Å². The molecule has 0 saturated carbocycles. The summed E-state index contributed by atoms with van der Waals surface area (Å²) in [6.45, 7) is 0. The molecule has 0 spiro atoms. The zero-order valence-corrected chi connectivity index (χ0v) is 18.2. The van der Waals surface area contributed by atoms with Crippen molar-refractivity contribution < 1.29 is 14.4 Å². The summed E-state index contributed by atoms with van der Waals surface area (Å²) < 4.78 is 0.870. The second kappa shape index (κ2) is 8.85. The molecular formula is C23H17BrN2O3S. The van der Waals surface area contributed by atoms with Crippen LogP contribution in [0.4, 0.5) is 11.4 Å². The summed E-state index contributed by atoms with van der Waals surface area (Å²) in [7, 11) is 0. The van der Waals surface area contributed by atoms with Gasteiger partial charge in [0.1, 0.15) is 0 Å². The van der Waals surface area contributed by atoms with Gasteiger partial charge in [0.15, 0.2) is 0 Å². The SMILES string of the molecule is O=C(Nc1ccccc1)c1ccccc1S[C@H]1CC(=O)N(c2ccc(Br)cc2)C1=O. The molecule has 1 N–H and O–H groups in total. The lowest BCUT2D eigenvalue weighted by Gasteiger charge is -2.16. The predicted octanol–water partition coefficient (Wildman–Crippen LogP) is 5.13. The average Bonchev–Trinajstić information content (AvgIpc) is 3.03. The van der Waals surface area contributed by atoms with Gasteiger partial charge in [-0.15, -0.1) is 11.8 Å². The van der Waals surface area contributed by atoms with Crippen LogP contribution in [0.5, 0.6) is 0 Å². The minimum absolute atomic E-state index is 0.0915. The van der Waals surface area contributed by atoms with E-state index in [2.05, 4.69) is 21.2 Å². The van der Waals surface area contributed by atoms with Crippen LogP contribution in [0, 0.1) is 0 Å². The maximum Gasteiger partial charge on any atom is 0.256 e. The summed E-state index contributed by atoms with van der Waals surface area (Å²) in [5.41, 5.74) is 1.70. The summed E-state index contributed by atoms with van der Waals surface area (Å²) in [5, 5.41) is 2.29. The summed E-state index contributed by atoms with van der Waals surface area (Å²) in [6.07, 6.45) is 0.0915. The van der Waals surface area contributed by atoms with Gasteiger partial charge < -0.3 is 5.32 Å². The highest BCUT2D eigenvalue weighted by atomic mass is 79.9. The number of thioether (sulfide) groups is 1. The maximum atomic E-state index is 12.9. The van der Waals surface area contributed by atoms with Crippen molar-refractivity contribution in [3.05, 3.63) is 88.9 Å². The van der Waals surface area contributed by atoms with Crippen LogP contribution in [-0.4, -0.2) is 23.0 Å². The predicted molar refractivity (Wildman–Crippen MR) is 122 cm³/mol. The van der Waals surface area contributed by atoms with Crippen molar-refractivity contribution in [2.24, 2.45) is 0 Å². The van der Waals surface area contributed by atoms with Gasteiger partial charge in [-0.1, -0.05) is 46.3 Å². The van der Waals surface area contributed by atoms with Gasteiger partial charge in [0.05, 0.1) is 16.5 Å². The van der Waals surface area contributed by atoms with Crippen LogP contribution in [0.2, 0.25) is 0 Å². The number of nitrogens with zero attached hydrogens (tertiary/aromatic N) is 1. The van der Waals surface area contributed by atoms with E-state index >= 15 is 0 Å². The largest absolute Gasteiger partial charge is 0.322 e. The summed E-state index contributed by atoms with van der Waals surface area (Å²) in [4.78, 5) is 40.1. The number of hydrogen-bond donors (Lipinski definition) is 1. The molecule has 0 aliphatic carbocycles. The molecule has 30 heavy (non-hydrogen) atoms. The van der Waals surface area contributed by atoms with Crippen LogP contribution in [0.25, 0.3) is 0 Å². The van der Waals surface area contributed by atoms with Gasteiger partial charge in [-0.2, -0.15) is 0 Å². The Balaban J connectivity index is 1.53. The molecule has 150 valence electrons. The van der Waals surface area contributed by atoms with Crippen LogP contribution >= 0.6 is 27.7 Å². The number of carbonyl (C=O) groups is 3. The summed E-state index contributed by atoms with van der Waals surface area (Å²) in [6, 6.07) is 23.3. The minimum Gasteiger partial charge on any atom is -0.322 e. The number of halogens is 1. The van der Waals surface area contributed by atoms with Gasteiger partial charge in [-0.25, -0.2) is 4.90 Å². The van der Waals surface area contributed by atoms with E-state index in [-0.39, 0.29) is 24.1 Å². The van der Waals surface area contributed by atoms with Crippen molar-refractivity contribution in [1.82, 2.24) is 0 Å². The molecule has 1 saturated heterocycles. The standard InChI is InChI=1S/C23H17BrN2O3S/c24-15-10-12-17(13-11-15)26-21(27)14-20(23(26)29)30-19-9-5-4-8-18(19)22(28)25-16-6-2-1-3-7-16/h1-13,20H,14H2,(H,25,28)/t20-/m0/s1. The number of para-hydroxylation sites is 1. The Morgan fingerprint density at radius 1 is 0.933 bits per heavy atom. The molecule has 1 atom stereocenters. The maximum absolute atomic E-state index is 12.9. The van der Waals surface area contributed by atoms with Crippen molar-refractivity contribution in [3.8, 4) is 0 Å².